The van der Waals surface area contributed by atoms with Gasteiger partial charge in [0.2, 0.25) is 0 Å². The fourth-order valence-corrected chi connectivity index (χ4v) is 28.4. The maximum atomic E-state index is 12.2. The molecule has 0 spiro atoms. The smallest absolute Gasteiger partial charge is 0.133 e. The van der Waals surface area contributed by atoms with Gasteiger partial charge in [0, 0.05) is 24.4 Å². The standard InChI is InChI=1S/C23H36O.C23H34O.C21H32O2.C21H30O2/c2*1-15-9-11-22(3)17(13-15)5-6-18-20-8-7-19(16(2)14-24)23(20,4)12-10-21(18)22;2*1-13(22)17-6-7-18-16-5-4-14-12-15(23)8-10-20(14,2)19(16)9-11-21(17,18)3/h5-6,15-16,19-21,24H,7-14H2,1-4H3;5-6,14-16,19-21H,7-13H2,1-4H3;4,15-19,23H,5-12H2,1-3H3;4-5,15,17-19,23H,6-12H2,1-3H3/t2*15-,16-,19+,20-,21-,22-,23+;15-,16-,17+,18-,19-,20-,21+;15-,17+,18-,19-,20-,21+/m0000/s1. The third-order valence-corrected chi connectivity index (χ3v) is 34.2. The zero-order chi connectivity index (χ0) is 67.0. The van der Waals surface area contributed by atoms with Gasteiger partial charge in [0.1, 0.15) is 17.9 Å². The monoisotopic (exact) mass is 1290 g/mol. The fourth-order valence-electron chi connectivity index (χ4n) is 28.4. The van der Waals surface area contributed by atoms with Crippen molar-refractivity contribution in [2.24, 2.45) is 144 Å². The minimum absolute atomic E-state index is 0.117. The number of fused-ring (bicyclic) bond motifs is 20. The minimum Gasteiger partial charge on any atom is -0.396 e. The molecule has 0 aliphatic heterocycles. The van der Waals surface area contributed by atoms with Crippen molar-refractivity contribution in [3.63, 3.8) is 0 Å². The average molecular weight is 1290 g/mol. The first-order valence-corrected chi connectivity index (χ1v) is 39.9. The Labute approximate surface area is 571 Å². The van der Waals surface area contributed by atoms with Crippen LogP contribution in [-0.4, -0.2) is 52.0 Å². The molecule has 0 aromatic carbocycles. The first-order valence-electron chi connectivity index (χ1n) is 39.9. The van der Waals surface area contributed by atoms with Crippen molar-refractivity contribution in [3.8, 4) is 0 Å². The summed E-state index contributed by atoms with van der Waals surface area (Å²) in [5, 5.41) is 29.8. The lowest BCUT2D eigenvalue weighted by Gasteiger charge is -2.57. The van der Waals surface area contributed by atoms with E-state index in [1.54, 1.807) is 40.4 Å². The molecule has 0 aromatic rings. The molecule has 12 saturated carbocycles. The van der Waals surface area contributed by atoms with E-state index in [1.807, 2.05) is 6.92 Å². The van der Waals surface area contributed by atoms with Crippen molar-refractivity contribution >= 4 is 17.9 Å². The van der Waals surface area contributed by atoms with Crippen LogP contribution in [0.4, 0.5) is 0 Å². The molecule has 16 aliphatic carbocycles. The number of carbonyl (C=O) groups is 3. The van der Waals surface area contributed by atoms with Crippen LogP contribution in [0, 0.1) is 144 Å². The predicted molar refractivity (Wildman–Crippen MR) is 384 cm³/mol. The number of aliphatic hydroxyl groups excluding tert-OH is 3. The van der Waals surface area contributed by atoms with Gasteiger partial charge >= 0.3 is 0 Å². The second kappa shape index (κ2) is 25.6. The Morgan fingerprint density at radius 3 is 1.37 bits per heavy atom. The molecule has 16 rings (SSSR count). The first kappa shape index (κ1) is 69.5. The molecule has 6 nitrogen and oxygen atoms in total. The largest absolute Gasteiger partial charge is 0.396 e. The second-order valence-corrected chi connectivity index (χ2v) is 38.6. The molecule has 94 heavy (non-hydrogen) atoms. The van der Waals surface area contributed by atoms with E-state index in [9.17, 15) is 29.7 Å². The lowest BCUT2D eigenvalue weighted by molar-refractivity contribution is -0.127. The number of allylic oxidation sites excluding steroid dienone is 12. The van der Waals surface area contributed by atoms with E-state index >= 15 is 0 Å². The Hall–Kier alpha value is -2.93. The van der Waals surface area contributed by atoms with E-state index < -0.39 is 0 Å². The summed E-state index contributed by atoms with van der Waals surface area (Å²) in [6.45, 7) is 33.1. The number of aliphatic hydroxyl groups is 3. The van der Waals surface area contributed by atoms with Crippen molar-refractivity contribution in [2.45, 2.75) is 295 Å². The van der Waals surface area contributed by atoms with Crippen LogP contribution in [0.1, 0.15) is 283 Å². The van der Waals surface area contributed by atoms with Crippen LogP contribution in [0.3, 0.4) is 0 Å². The van der Waals surface area contributed by atoms with Gasteiger partial charge in [-0.1, -0.05) is 165 Å². The average Bonchev–Trinajstić information content (AvgIpc) is 1.40. The molecule has 16 aliphatic rings. The molecule has 3 N–H and O–H groups in total. The van der Waals surface area contributed by atoms with E-state index in [0.29, 0.717) is 80.8 Å². The molecule has 0 amide bonds. The highest BCUT2D eigenvalue weighted by atomic mass is 16.3. The van der Waals surface area contributed by atoms with E-state index in [1.165, 1.54) is 147 Å². The maximum Gasteiger partial charge on any atom is 0.133 e. The normalized spacial score (nSPS) is 49.5. The number of aldehydes is 1. The first-order chi connectivity index (χ1) is 44.5. The van der Waals surface area contributed by atoms with Gasteiger partial charge in [-0.15, -0.1) is 0 Å². The van der Waals surface area contributed by atoms with Crippen LogP contribution >= 0.6 is 0 Å². The quantitative estimate of drug-likeness (QED) is 0.180. The zero-order valence-electron chi connectivity index (χ0n) is 61.9. The van der Waals surface area contributed by atoms with Gasteiger partial charge < -0.3 is 20.1 Å². The SMILES string of the molecule is CC(=O)[C@H]1CC[C@H]2C3=CC=C4C[C@@H](O)CC[C@]4(C)[C@H]3CC[C@]12C.CC(=O)[C@H]1CC[C@H]2[C@@H]3CC=C4C[C@@H](O)CC[C@]4(C)[C@H]3CC[C@]12C.C[C@H]1CC[C@@]2(C)C(=CC=C3[C@@H]4CC[C@H]([C@@H](C)C=O)[C@@]4(C)CC[C@@H]32)C1.C[C@H]1CC[C@@]2(C)C(=CC=C3[C@@H]4CC[C@H]([C@@H](C)CO)[C@@]4(C)CC[C@@H]32)C1. The molecule has 12 fully saturated rings. The van der Waals surface area contributed by atoms with Gasteiger partial charge in [0.05, 0.1) is 12.2 Å². The molecule has 0 saturated heterocycles. The van der Waals surface area contributed by atoms with Crippen LogP contribution in [0.15, 0.2) is 81.5 Å². The van der Waals surface area contributed by atoms with Gasteiger partial charge in [0.25, 0.3) is 0 Å². The number of hydrogen-bond donors (Lipinski definition) is 3. The number of ketones is 2. The summed E-state index contributed by atoms with van der Waals surface area (Å²) in [6, 6.07) is 0. The lowest BCUT2D eigenvalue weighted by Crippen LogP contribution is -2.50. The van der Waals surface area contributed by atoms with Crippen LogP contribution < -0.4 is 0 Å². The summed E-state index contributed by atoms with van der Waals surface area (Å²) >= 11 is 0. The molecule has 0 unspecified atom stereocenters. The van der Waals surface area contributed by atoms with Crippen molar-refractivity contribution in [3.05, 3.63) is 81.5 Å². The summed E-state index contributed by atoms with van der Waals surface area (Å²) < 4.78 is 0. The predicted octanol–water partition coefficient (Wildman–Crippen LogP) is 20.7. The van der Waals surface area contributed by atoms with Gasteiger partial charge in [-0.3, -0.25) is 9.59 Å². The zero-order valence-corrected chi connectivity index (χ0v) is 61.9. The molecule has 0 bridgehead atoms. The maximum absolute atomic E-state index is 12.2. The fraction of sp³-hybridized carbons (Fsp3) is 0.807. The third kappa shape index (κ3) is 11.1. The molecular weight excluding hydrogens is 1150 g/mol. The Morgan fingerprint density at radius 2 is 0.862 bits per heavy atom. The van der Waals surface area contributed by atoms with Crippen molar-refractivity contribution in [2.75, 3.05) is 6.61 Å². The summed E-state index contributed by atoms with van der Waals surface area (Å²) in [7, 11) is 0. The highest BCUT2D eigenvalue weighted by Gasteiger charge is 2.63. The topological polar surface area (TPSA) is 112 Å². The lowest BCUT2D eigenvalue weighted by atomic mass is 9.47. The van der Waals surface area contributed by atoms with Gasteiger partial charge in [0.15, 0.2) is 0 Å². The number of carbonyl (C=O) groups excluding carboxylic acids is 3. The number of rotatable bonds is 6. The van der Waals surface area contributed by atoms with Gasteiger partial charge in [-0.25, -0.2) is 0 Å². The molecule has 0 radical (unpaired) electrons. The van der Waals surface area contributed by atoms with Crippen molar-refractivity contribution in [1.82, 2.24) is 0 Å². The Balaban J connectivity index is 0.000000114. The third-order valence-electron chi connectivity index (χ3n) is 34.2. The molecule has 0 heterocycles. The summed E-state index contributed by atoms with van der Waals surface area (Å²) in [4.78, 5) is 35.7. The Kier molecular flexibility index (Phi) is 18.9. The van der Waals surface area contributed by atoms with Crippen LogP contribution in [-0.2, 0) is 14.4 Å². The molecule has 0 aromatic heterocycles. The summed E-state index contributed by atoms with van der Waals surface area (Å²) in [5.74, 6) is 11.7. The van der Waals surface area contributed by atoms with E-state index in [2.05, 4.69) is 126 Å². The highest BCUT2D eigenvalue weighted by Crippen LogP contribution is 2.71. The molecular formula is C88H132O6. The van der Waals surface area contributed by atoms with Gasteiger partial charge in [-0.2, -0.15) is 0 Å². The second-order valence-electron chi connectivity index (χ2n) is 38.6. The van der Waals surface area contributed by atoms with Crippen LogP contribution in [0.2, 0.25) is 0 Å². The molecule has 6 heteroatoms. The summed E-state index contributed by atoms with van der Waals surface area (Å²) in [6.07, 6.45) is 53.7. The Morgan fingerprint density at radius 1 is 0.447 bits per heavy atom. The van der Waals surface area contributed by atoms with Gasteiger partial charge in [-0.05, 0) is 326 Å². The van der Waals surface area contributed by atoms with Crippen LogP contribution in [0.25, 0.3) is 0 Å². The molecule has 27 atom stereocenters. The van der Waals surface area contributed by atoms with Crippen molar-refractivity contribution < 1.29 is 29.7 Å². The van der Waals surface area contributed by atoms with E-state index in [-0.39, 0.29) is 40.3 Å². The summed E-state index contributed by atoms with van der Waals surface area (Å²) in [5.41, 5.74) is 14.3. The highest BCUT2D eigenvalue weighted by molar-refractivity contribution is 5.80. The Bertz CT molecular complexity index is 3140. The minimum atomic E-state index is -0.147. The van der Waals surface area contributed by atoms with E-state index in [0.717, 1.165) is 105 Å². The number of hydrogen-bond acceptors (Lipinski definition) is 6. The van der Waals surface area contributed by atoms with E-state index in [4.69, 9.17) is 0 Å². The van der Waals surface area contributed by atoms with Crippen molar-refractivity contribution in [1.29, 1.82) is 0 Å². The molecule has 520 valence electrons. The van der Waals surface area contributed by atoms with Crippen LogP contribution in [0.5, 0.6) is 0 Å². The number of Topliss-reactive ketones (excluding diaryl/α,β-unsaturated/α-hetero) is 2.